The summed E-state index contributed by atoms with van der Waals surface area (Å²) in [4.78, 5) is 0. The van der Waals surface area contributed by atoms with Gasteiger partial charge in [0.1, 0.15) is 11.5 Å². The maximum absolute atomic E-state index is 6.30. The van der Waals surface area contributed by atoms with Crippen LogP contribution in [0.4, 0.5) is 0 Å². The number of hydrogen-bond donors (Lipinski definition) is 0. The minimum atomic E-state index is -2.44. The fourth-order valence-corrected chi connectivity index (χ4v) is 4.90. The Morgan fingerprint density at radius 2 is 1.11 bits per heavy atom. The van der Waals surface area contributed by atoms with Crippen molar-refractivity contribution < 1.29 is 13.8 Å². The molecule has 0 aliphatic carbocycles. The Labute approximate surface area is 221 Å². The molecule has 3 aromatic rings. The summed E-state index contributed by atoms with van der Waals surface area (Å²) in [5, 5.41) is 0. The van der Waals surface area contributed by atoms with Crippen LogP contribution in [0.2, 0.25) is 0 Å². The predicted octanol–water partition coefficient (Wildman–Crippen LogP) is 10.2. The Morgan fingerprint density at radius 1 is 0.750 bits per heavy atom. The molecule has 0 heterocycles. The van der Waals surface area contributed by atoms with Crippen LogP contribution in [-0.4, -0.2) is 25.4 Å². The zero-order valence-electron chi connectivity index (χ0n) is 21.4. The molecule has 0 fully saturated rings. The largest absolute Gasteiger partial charge is 0.430 e. The van der Waals surface area contributed by atoms with Crippen LogP contribution in [0.15, 0.2) is 102 Å². The summed E-state index contributed by atoms with van der Waals surface area (Å²) in [6.45, 7) is 14.7. The molecular formula is C31H48NO3P. The topological polar surface area (TPSA) is 40.0 Å². The van der Waals surface area contributed by atoms with E-state index in [1.165, 1.54) is 5.56 Å². The molecule has 0 aliphatic rings. The molecule has 5 heteroatoms. The fourth-order valence-electron chi connectivity index (χ4n) is 2.59. The first-order valence-corrected chi connectivity index (χ1v) is 13.3. The lowest BCUT2D eigenvalue weighted by Gasteiger charge is -2.29. The molecule has 0 spiro atoms. The minimum Gasteiger partial charge on any atom is -0.430 e. The van der Waals surface area contributed by atoms with Gasteiger partial charge in [0, 0.05) is 19.8 Å². The zero-order chi connectivity index (χ0) is 25.2. The van der Waals surface area contributed by atoms with E-state index in [9.17, 15) is 0 Å². The number of benzene rings is 3. The van der Waals surface area contributed by atoms with Crippen LogP contribution in [-0.2, 0) is 4.74 Å². The first kappa shape index (κ1) is 35.4. The number of methoxy groups -OCH3 is 1. The van der Waals surface area contributed by atoms with Gasteiger partial charge >= 0.3 is 7.51 Å². The molecule has 0 aliphatic heterocycles. The van der Waals surface area contributed by atoms with Gasteiger partial charge in [-0.05, 0) is 50.6 Å². The highest BCUT2D eigenvalue weighted by Crippen LogP contribution is 2.56. The van der Waals surface area contributed by atoms with Crippen molar-refractivity contribution in [3.8, 4) is 11.5 Å². The molecule has 0 saturated heterocycles. The van der Waals surface area contributed by atoms with E-state index in [0.717, 1.165) is 18.1 Å². The summed E-state index contributed by atoms with van der Waals surface area (Å²) in [7, 11) is -0.762. The third-order valence-corrected chi connectivity index (χ3v) is 7.36. The van der Waals surface area contributed by atoms with Crippen LogP contribution >= 0.6 is 7.51 Å². The quantitative estimate of drug-likeness (QED) is 0.281. The van der Waals surface area contributed by atoms with Crippen molar-refractivity contribution in [3.05, 3.63) is 103 Å². The predicted molar refractivity (Wildman–Crippen MR) is 161 cm³/mol. The van der Waals surface area contributed by atoms with Gasteiger partial charge in [-0.2, -0.15) is 0 Å². The maximum atomic E-state index is 6.30. The second kappa shape index (κ2) is 20.4. The van der Waals surface area contributed by atoms with Crippen molar-refractivity contribution in [3.63, 3.8) is 0 Å². The van der Waals surface area contributed by atoms with E-state index < -0.39 is 7.51 Å². The minimum absolute atomic E-state index is 0. The van der Waals surface area contributed by atoms with Crippen molar-refractivity contribution in [2.45, 2.75) is 61.2 Å². The fraction of sp³-hybridized carbons (Fsp3) is 0.355. The van der Waals surface area contributed by atoms with E-state index in [1.807, 2.05) is 104 Å². The van der Waals surface area contributed by atoms with Gasteiger partial charge in [-0.3, -0.25) is 0 Å². The summed E-state index contributed by atoms with van der Waals surface area (Å²) in [6, 6.07) is 29.7. The lowest BCUT2D eigenvalue weighted by molar-refractivity contribution is 0.215. The van der Waals surface area contributed by atoms with E-state index in [4.69, 9.17) is 13.8 Å². The lowest BCUT2D eigenvalue weighted by atomic mass is 10.2. The molecular weight excluding hydrogens is 465 g/mol. The summed E-state index contributed by atoms with van der Waals surface area (Å²) in [5.74, 6) is 1.59. The highest BCUT2D eigenvalue weighted by Gasteiger charge is 2.30. The van der Waals surface area contributed by atoms with E-state index in [0.29, 0.717) is 0 Å². The van der Waals surface area contributed by atoms with Gasteiger partial charge in [0.2, 0.25) is 0 Å². The Kier molecular flexibility index (Phi) is 20.0. The standard InChI is InChI=1S/C18H24NO2P.C8H8.C3H8O.2CH4/c1-15(2)19-22(16(3)4,20-17-11-7-5-8-12-17)21-18-13-9-6-10-14-18;1-2-8-6-4-3-5-7-8;1-3-4-2;;/h5-16H,1-4H3;2-7H,1H2;3H2,1-2H3;2*1H4. The number of nitrogens with zero attached hydrogens (tertiary/aromatic N) is 1. The van der Waals surface area contributed by atoms with E-state index >= 15 is 0 Å². The smallest absolute Gasteiger partial charge is 0.317 e. The monoisotopic (exact) mass is 513 g/mol. The molecule has 0 atom stereocenters. The normalized spacial score (nSPS) is 9.78. The van der Waals surface area contributed by atoms with Gasteiger partial charge in [-0.25, -0.2) is 4.74 Å². The van der Waals surface area contributed by atoms with Crippen LogP contribution in [0.5, 0.6) is 11.5 Å². The molecule has 3 rings (SSSR count). The lowest BCUT2D eigenvalue weighted by Crippen LogP contribution is -2.13. The van der Waals surface area contributed by atoms with Crippen LogP contribution in [0.3, 0.4) is 0 Å². The average molecular weight is 514 g/mol. The van der Waals surface area contributed by atoms with Crippen molar-refractivity contribution in [2.75, 3.05) is 13.7 Å². The van der Waals surface area contributed by atoms with Gasteiger partial charge in [-0.15, -0.1) is 0 Å². The molecule has 0 saturated carbocycles. The van der Waals surface area contributed by atoms with E-state index in [-0.39, 0.29) is 26.6 Å². The Bertz CT molecular complexity index is 911. The Morgan fingerprint density at radius 3 is 1.36 bits per heavy atom. The van der Waals surface area contributed by atoms with Crippen LogP contribution in [0, 0.1) is 0 Å². The molecule has 36 heavy (non-hydrogen) atoms. The number of ether oxygens (including phenoxy) is 1. The summed E-state index contributed by atoms with van der Waals surface area (Å²) < 4.78 is 22.0. The number of rotatable bonds is 8. The highest BCUT2D eigenvalue weighted by atomic mass is 31.2. The highest BCUT2D eigenvalue weighted by molar-refractivity contribution is 7.58. The van der Waals surface area contributed by atoms with Gasteiger partial charge in [0.15, 0.2) is 0 Å². The average Bonchev–Trinajstić information content (AvgIpc) is 2.86. The molecule has 3 aromatic carbocycles. The SMILES string of the molecule is C.C.C=Cc1ccccc1.CC(C)N=P(Oc1ccccc1)(Oc1ccccc1)C(C)C.CCOC. The van der Waals surface area contributed by atoms with Crippen molar-refractivity contribution >= 4 is 13.6 Å². The van der Waals surface area contributed by atoms with Gasteiger partial charge in [0.25, 0.3) is 0 Å². The van der Waals surface area contributed by atoms with Crippen LogP contribution in [0.1, 0.15) is 55.0 Å². The maximum Gasteiger partial charge on any atom is 0.317 e. The van der Waals surface area contributed by atoms with Crippen LogP contribution < -0.4 is 9.05 Å². The Balaban J connectivity index is 0. The number of para-hydroxylation sites is 2. The molecule has 0 aromatic heterocycles. The van der Waals surface area contributed by atoms with Crippen LogP contribution in [0.25, 0.3) is 6.08 Å². The van der Waals surface area contributed by atoms with Gasteiger partial charge < -0.3 is 13.8 Å². The first-order valence-electron chi connectivity index (χ1n) is 11.6. The molecule has 200 valence electrons. The summed E-state index contributed by atoms with van der Waals surface area (Å²) in [6.07, 6.45) is 1.83. The first-order chi connectivity index (χ1) is 16.4. The summed E-state index contributed by atoms with van der Waals surface area (Å²) >= 11 is 0. The van der Waals surface area contributed by atoms with Gasteiger partial charge in [0.05, 0.1) is 5.66 Å². The molecule has 0 N–H and O–H groups in total. The second-order valence-corrected chi connectivity index (χ2v) is 10.6. The molecule has 0 bridgehead atoms. The molecule has 0 radical (unpaired) electrons. The Hall–Kier alpha value is -2.81. The van der Waals surface area contributed by atoms with Crippen molar-refractivity contribution in [2.24, 2.45) is 4.74 Å². The van der Waals surface area contributed by atoms with E-state index in [1.54, 1.807) is 7.11 Å². The van der Waals surface area contributed by atoms with Crippen molar-refractivity contribution in [1.82, 2.24) is 0 Å². The molecule has 4 nitrogen and oxygen atoms in total. The zero-order valence-corrected chi connectivity index (χ0v) is 22.3. The number of hydrogen-bond acceptors (Lipinski definition) is 4. The van der Waals surface area contributed by atoms with Crippen molar-refractivity contribution in [1.29, 1.82) is 0 Å². The molecule has 0 amide bonds. The second-order valence-electron chi connectivity index (χ2n) is 7.87. The third kappa shape index (κ3) is 13.9. The van der Waals surface area contributed by atoms with E-state index in [2.05, 4.69) is 39.0 Å². The third-order valence-electron chi connectivity index (χ3n) is 4.33. The summed E-state index contributed by atoms with van der Waals surface area (Å²) in [5.41, 5.74) is 1.34. The van der Waals surface area contributed by atoms with Gasteiger partial charge in [-0.1, -0.05) is 108 Å². The molecule has 0 unspecified atom stereocenters.